The van der Waals surface area contributed by atoms with Gasteiger partial charge >= 0.3 is 12.0 Å². The van der Waals surface area contributed by atoms with E-state index in [1.54, 1.807) is 26.8 Å². The van der Waals surface area contributed by atoms with Crippen molar-refractivity contribution in [1.29, 1.82) is 0 Å². The standard InChI is InChI=1S/C14H19N3O4/c1-8-6-9(4-5-10(8)12(19)20)16-13(21)17-14(2,3)7-11(15)18/h4-6H,7H2,1-3H3,(H2,15,18)(H,19,20)(H2,16,17,21). The minimum atomic E-state index is -1.02. The molecular weight excluding hydrogens is 274 g/mol. The molecule has 0 aliphatic carbocycles. The molecule has 0 saturated heterocycles. The molecule has 0 aliphatic heterocycles. The number of carboxylic acid groups (broad SMARTS) is 1. The summed E-state index contributed by atoms with van der Waals surface area (Å²) in [7, 11) is 0. The van der Waals surface area contributed by atoms with Crippen molar-refractivity contribution in [3.8, 4) is 0 Å². The van der Waals surface area contributed by atoms with Crippen LogP contribution >= 0.6 is 0 Å². The van der Waals surface area contributed by atoms with E-state index in [-0.39, 0.29) is 12.0 Å². The molecule has 7 heteroatoms. The van der Waals surface area contributed by atoms with Crippen molar-refractivity contribution < 1.29 is 19.5 Å². The van der Waals surface area contributed by atoms with E-state index in [2.05, 4.69) is 10.6 Å². The van der Waals surface area contributed by atoms with Gasteiger partial charge in [0.1, 0.15) is 0 Å². The zero-order chi connectivity index (χ0) is 16.2. The summed E-state index contributed by atoms with van der Waals surface area (Å²) in [5, 5.41) is 14.1. The first-order chi connectivity index (χ1) is 9.60. The molecule has 21 heavy (non-hydrogen) atoms. The van der Waals surface area contributed by atoms with E-state index in [9.17, 15) is 14.4 Å². The zero-order valence-corrected chi connectivity index (χ0v) is 12.2. The Morgan fingerprint density at radius 2 is 1.90 bits per heavy atom. The lowest BCUT2D eigenvalue weighted by molar-refractivity contribution is -0.119. The molecule has 7 nitrogen and oxygen atoms in total. The van der Waals surface area contributed by atoms with Crippen molar-refractivity contribution in [2.45, 2.75) is 32.7 Å². The molecular formula is C14H19N3O4. The molecule has 1 aromatic rings. The van der Waals surface area contributed by atoms with Gasteiger partial charge in [0.15, 0.2) is 0 Å². The third-order valence-electron chi connectivity index (χ3n) is 2.78. The average Bonchev–Trinajstić information content (AvgIpc) is 2.24. The Hall–Kier alpha value is -2.57. The number of urea groups is 1. The van der Waals surface area contributed by atoms with Gasteiger partial charge in [0, 0.05) is 17.6 Å². The molecule has 0 aliphatic rings. The molecule has 0 aromatic heterocycles. The molecule has 114 valence electrons. The number of aromatic carboxylic acids is 1. The molecule has 0 saturated carbocycles. The first-order valence-electron chi connectivity index (χ1n) is 6.32. The predicted octanol–water partition coefficient (Wildman–Crippen LogP) is 1.47. The molecule has 0 unspecified atom stereocenters. The Morgan fingerprint density at radius 1 is 1.29 bits per heavy atom. The first-order valence-corrected chi connectivity index (χ1v) is 6.32. The molecule has 0 fully saturated rings. The number of hydrogen-bond donors (Lipinski definition) is 4. The molecule has 0 atom stereocenters. The summed E-state index contributed by atoms with van der Waals surface area (Å²) in [5.74, 6) is -1.53. The SMILES string of the molecule is Cc1cc(NC(=O)NC(C)(C)CC(N)=O)ccc1C(=O)O. The van der Waals surface area contributed by atoms with Crippen LogP contribution < -0.4 is 16.4 Å². The average molecular weight is 293 g/mol. The van der Waals surface area contributed by atoms with Crippen molar-refractivity contribution >= 4 is 23.6 Å². The van der Waals surface area contributed by atoms with Gasteiger partial charge in [-0.2, -0.15) is 0 Å². The van der Waals surface area contributed by atoms with E-state index in [4.69, 9.17) is 10.8 Å². The molecule has 0 spiro atoms. The monoisotopic (exact) mass is 293 g/mol. The van der Waals surface area contributed by atoms with Crippen LogP contribution in [0.2, 0.25) is 0 Å². The lowest BCUT2D eigenvalue weighted by atomic mass is 10.0. The lowest BCUT2D eigenvalue weighted by Crippen LogP contribution is -2.47. The highest BCUT2D eigenvalue weighted by Gasteiger charge is 2.22. The zero-order valence-electron chi connectivity index (χ0n) is 12.2. The summed E-state index contributed by atoms with van der Waals surface area (Å²) in [6, 6.07) is 3.98. The number of nitrogens with one attached hydrogen (secondary N) is 2. The van der Waals surface area contributed by atoms with E-state index >= 15 is 0 Å². The van der Waals surface area contributed by atoms with Crippen LogP contribution in [0.5, 0.6) is 0 Å². The minimum absolute atomic E-state index is 0.0113. The minimum Gasteiger partial charge on any atom is -0.478 e. The van der Waals surface area contributed by atoms with Crippen molar-refractivity contribution in [2.24, 2.45) is 5.73 Å². The molecule has 0 bridgehead atoms. The van der Waals surface area contributed by atoms with Gasteiger partial charge < -0.3 is 21.5 Å². The van der Waals surface area contributed by atoms with Gasteiger partial charge in [-0.25, -0.2) is 9.59 Å². The molecule has 0 radical (unpaired) electrons. The summed E-state index contributed by atoms with van der Waals surface area (Å²) in [6.45, 7) is 5.00. The Morgan fingerprint density at radius 3 is 2.38 bits per heavy atom. The second kappa shape index (κ2) is 6.25. The van der Waals surface area contributed by atoms with E-state index in [0.717, 1.165) is 0 Å². The smallest absolute Gasteiger partial charge is 0.335 e. The van der Waals surface area contributed by atoms with Crippen LogP contribution in [-0.2, 0) is 4.79 Å². The van der Waals surface area contributed by atoms with E-state index in [1.807, 2.05) is 0 Å². The van der Waals surface area contributed by atoms with Crippen molar-refractivity contribution in [3.05, 3.63) is 29.3 Å². The molecule has 1 rings (SSSR count). The number of primary amides is 1. The number of carbonyl (C=O) groups excluding carboxylic acids is 2. The van der Waals surface area contributed by atoms with Crippen LogP contribution in [0.1, 0.15) is 36.2 Å². The highest BCUT2D eigenvalue weighted by molar-refractivity contribution is 5.93. The number of aryl methyl sites for hydroxylation is 1. The third-order valence-corrected chi connectivity index (χ3v) is 2.78. The maximum absolute atomic E-state index is 11.8. The summed E-state index contributed by atoms with van der Waals surface area (Å²) in [6.07, 6.45) is 0.0113. The summed E-state index contributed by atoms with van der Waals surface area (Å²) < 4.78 is 0. The van der Waals surface area contributed by atoms with Crippen LogP contribution in [-0.4, -0.2) is 28.6 Å². The second-order valence-corrected chi connectivity index (χ2v) is 5.44. The normalized spacial score (nSPS) is 10.8. The Bertz CT molecular complexity index is 582. The summed E-state index contributed by atoms with van der Waals surface area (Å²) in [4.78, 5) is 33.6. The number of nitrogens with two attached hydrogens (primary N) is 1. The number of anilines is 1. The quantitative estimate of drug-likeness (QED) is 0.656. The summed E-state index contributed by atoms with van der Waals surface area (Å²) >= 11 is 0. The summed E-state index contributed by atoms with van der Waals surface area (Å²) in [5.41, 5.74) is 5.51. The fourth-order valence-electron chi connectivity index (χ4n) is 1.93. The maximum Gasteiger partial charge on any atom is 0.335 e. The van der Waals surface area contributed by atoms with Crippen molar-refractivity contribution in [3.63, 3.8) is 0 Å². The van der Waals surface area contributed by atoms with E-state index in [1.165, 1.54) is 12.1 Å². The van der Waals surface area contributed by atoms with Gasteiger partial charge in [0.2, 0.25) is 5.91 Å². The molecule has 3 amide bonds. The lowest BCUT2D eigenvalue weighted by Gasteiger charge is -2.24. The number of hydrogen-bond acceptors (Lipinski definition) is 3. The second-order valence-electron chi connectivity index (χ2n) is 5.44. The number of benzene rings is 1. The van der Waals surface area contributed by atoms with Gasteiger partial charge in [-0.3, -0.25) is 4.79 Å². The fourth-order valence-corrected chi connectivity index (χ4v) is 1.93. The van der Waals surface area contributed by atoms with Gasteiger partial charge in [-0.15, -0.1) is 0 Å². The highest BCUT2D eigenvalue weighted by Crippen LogP contribution is 2.16. The molecule has 0 heterocycles. The van der Waals surface area contributed by atoms with Crippen molar-refractivity contribution in [2.75, 3.05) is 5.32 Å². The van der Waals surface area contributed by atoms with E-state index in [0.29, 0.717) is 11.3 Å². The van der Waals surface area contributed by atoms with E-state index < -0.39 is 23.4 Å². The first kappa shape index (κ1) is 16.5. The number of amides is 3. The van der Waals surface area contributed by atoms with Crippen LogP contribution in [0.25, 0.3) is 0 Å². The van der Waals surface area contributed by atoms with Gasteiger partial charge in [-0.1, -0.05) is 0 Å². The number of carboxylic acids is 1. The molecule has 1 aromatic carbocycles. The van der Waals surface area contributed by atoms with Gasteiger partial charge in [0.05, 0.1) is 5.56 Å². The Labute approximate surface area is 122 Å². The number of rotatable bonds is 5. The predicted molar refractivity (Wildman–Crippen MR) is 78.2 cm³/mol. The third kappa shape index (κ3) is 5.13. The van der Waals surface area contributed by atoms with Crippen LogP contribution in [0.4, 0.5) is 10.5 Å². The van der Waals surface area contributed by atoms with Crippen LogP contribution in [0.3, 0.4) is 0 Å². The fraction of sp³-hybridized carbons (Fsp3) is 0.357. The maximum atomic E-state index is 11.8. The highest BCUT2D eigenvalue weighted by atomic mass is 16.4. The number of carbonyl (C=O) groups is 3. The van der Waals surface area contributed by atoms with Crippen molar-refractivity contribution in [1.82, 2.24) is 5.32 Å². The topological polar surface area (TPSA) is 122 Å². The Balaban J connectivity index is 2.73. The Kier molecular flexibility index (Phi) is 4.91. The largest absolute Gasteiger partial charge is 0.478 e. The van der Waals surface area contributed by atoms with Gasteiger partial charge in [-0.05, 0) is 44.5 Å². The molecule has 5 N–H and O–H groups in total. The van der Waals surface area contributed by atoms with Gasteiger partial charge in [0.25, 0.3) is 0 Å². The van der Waals surface area contributed by atoms with Crippen LogP contribution in [0.15, 0.2) is 18.2 Å². The van der Waals surface area contributed by atoms with Crippen LogP contribution in [0, 0.1) is 6.92 Å².